The van der Waals surface area contributed by atoms with E-state index >= 15 is 0 Å². The molecule has 3 rings (SSSR count). The zero-order chi connectivity index (χ0) is 24.0. The molecule has 1 aliphatic heterocycles. The van der Waals surface area contributed by atoms with Gasteiger partial charge < -0.3 is 14.8 Å². The van der Waals surface area contributed by atoms with Gasteiger partial charge in [0.2, 0.25) is 5.91 Å². The molecule has 10 heteroatoms. The zero-order valence-corrected chi connectivity index (χ0v) is 21.1. The maximum atomic E-state index is 13.1. The molecular weight excluding hydrogens is 444 g/mol. The fourth-order valence-electron chi connectivity index (χ4n) is 4.68. The van der Waals surface area contributed by atoms with Crippen molar-refractivity contribution in [3.8, 4) is 11.5 Å². The Labute approximate surface area is 198 Å². The third-order valence-corrected chi connectivity index (χ3v) is 8.80. The van der Waals surface area contributed by atoms with Gasteiger partial charge >= 0.3 is 0 Å². The van der Waals surface area contributed by atoms with Gasteiger partial charge in [-0.15, -0.1) is 0 Å². The molecule has 1 aromatic carbocycles. The lowest BCUT2D eigenvalue weighted by atomic mass is 9.96. The van der Waals surface area contributed by atoms with E-state index in [1.54, 1.807) is 29.9 Å². The van der Waals surface area contributed by atoms with Crippen molar-refractivity contribution in [3.63, 3.8) is 0 Å². The van der Waals surface area contributed by atoms with Crippen LogP contribution in [0, 0.1) is 0 Å². The highest BCUT2D eigenvalue weighted by molar-refractivity contribution is 7.86. The molecule has 2 fully saturated rings. The van der Waals surface area contributed by atoms with Crippen LogP contribution in [0.1, 0.15) is 50.6 Å². The summed E-state index contributed by atoms with van der Waals surface area (Å²) in [5.74, 6) is 1.27. The van der Waals surface area contributed by atoms with E-state index in [9.17, 15) is 13.2 Å². The molecule has 186 valence electrons. The molecule has 9 nitrogen and oxygen atoms in total. The molecule has 0 radical (unpaired) electrons. The Morgan fingerprint density at radius 3 is 2.39 bits per heavy atom. The quantitative estimate of drug-likeness (QED) is 0.579. The smallest absolute Gasteiger partial charge is 0.282 e. The maximum Gasteiger partial charge on any atom is 0.282 e. The Morgan fingerprint density at radius 2 is 1.79 bits per heavy atom. The van der Waals surface area contributed by atoms with Crippen molar-refractivity contribution in [2.45, 2.75) is 51.1 Å². The summed E-state index contributed by atoms with van der Waals surface area (Å²) >= 11 is 0. The number of rotatable bonds is 9. The van der Waals surface area contributed by atoms with Crippen LogP contribution in [-0.2, 0) is 15.0 Å². The first-order valence-electron chi connectivity index (χ1n) is 11.7. The molecule has 2 aliphatic rings. The average Bonchev–Trinajstić information content (AvgIpc) is 2.83. The number of methoxy groups -OCH3 is 2. The first-order chi connectivity index (χ1) is 15.8. The van der Waals surface area contributed by atoms with E-state index in [0.717, 1.165) is 31.2 Å². The van der Waals surface area contributed by atoms with Crippen LogP contribution >= 0.6 is 0 Å². The molecule has 0 aromatic heterocycles. The van der Waals surface area contributed by atoms with E-state index in [1.807, 2.05) is 30.0 Å². The molecule has 33 heavy (non-hydrogen) atoms. The average molecular weight is 483 g/mol. The molecule has 0 spiro atoms. The molecule has 1 atom stereocenters. The second-order valence-corrected chi connectivity index (χ2v) is 10.9. The van der Waals surface area contributed by atoms with Crippen molar-refractivity contribution in [1.29, 1.82) is 0 Å². The van der Waals surface area contributed by atoms with Crippen molar-refractivity contribution < 1.29 is 22.7 Å². The number of benzene rings is 1. The van der Waals surface area contributed by atoms with Crippen LogP contribution in [0.5, 0.6) is 11.5 Å². The van der Waals surface area contributed by atoms with Crippen molar-refractivity contribution >= 4 is 16.1 Å². The van der Waals surface area contributed by atoms with Gasteiger partial charge in [0.05, 0.1) is 26.8 Å². The molecule has 1 saturated carbocycles. The first-order valence-corrected chi connectivity index (χ1v) is 13.1. The van der Waals surface area contributed by atoms with Crippen molar-refractivity contribution in [3.05, 3.63) is 23.8 Å². The lowest BCUT2D eigenvalue weighted by molar-refractivity contribution is -0.123. The summed E-state index contributed by atoms with van der Waals surface area (Å²) in [6.07, 6.45) is 5.24. The van der Waals surface area contributed by atoms with E-state index in [2.05, 4.69) is 5.32 Å². The number of carbonyl (C=O) groups excluding carboxylic acids is 1. The monoisotopic (exact) mass is 482 g/mol. The van der Waals surface area contributed by atoms with Crippen molar-refractivity contribution in [2.75, 3.05) is 54.0 Å². The van der Waals surface area contributed by atoms with Gasteiger partial charge in [0.1, 0.15) is 11.5 Å². The Bertz CT molecular complexity index is 896. The van der Waals surface area contributed by atoms with E-state index in [4.69, 9.17) is 9.47 Å². The van der Waals surface area contributed by atoms with Crippen LogP contribution in [-0.4, -0.2) is 87.9 Å². The van der Waals surface area contributed by atoms with Crippen molar-refractivity contribution in [1.82, 2.24) is 18.8 Å². The lowest BCUT2D eigenvalue weighted by Crippen LogP contribution is -2.55. The van der Waals surface area contributed by atoms with Gasteiger partial charge in [-0.25, -0.2) is 0 Å². The van der Waals surface area contributed by atoms with E-state index < -0.39 is 10.2 Å². The molecule has 1 aliphatic carbocycles. The fourth-order valence-corrected chi connectivity index (χ4v) is 6.26. The number of carbonyl (C=O) groups is 1. The molecule has 1 saturated heterocycles. The normalized spacial score (nSPS) is 19.9. The Morgan fingerprint density at radius 1 is 1.12 bits per heavy atom. The van der Waals surface area contributed by atoms with E-state index in [0.29, 0.717) is 37.7 Å². The number of amides is 1. The lowest BCUT2D eigenvalue weighted by Gasteiger charge is -2.38. The number of hydrogen-bond acceptors (Lipinski definition) is 6. The van der Waals surface area contributed by atoms with Crippen LogP contribution in [0.4, 0.5) is 0 Å². The van der Waals surface area contributed by atoms with Gasteiger partial charge in [-0.1, -0.05) is 19.3 Å². The van der Waals surface area contributed by atoms with Crippen LogP contribution in [0.3, 0.4) is 0 Å². The highest BCUT2D eigenvalue weighted by Crippen LogP contribution is 2.29. The molecule has 1 N–H and O–H groups in total. The van der Waals surface area contributed by atoms with Crippen LogP contribution < -0.4 is 14.8 Å². The van der Waals surface area contributed by atoms with Gasteiger partial charge in [-0.2, -0.15) is 17.0 Å². The minimum atomic E-state index is -3.47. The summed E-state index contributed by atoms with van der Waals surface area (Å²) in [5, 5.41) is 3.02. The zero-order valence-electron chi connectivity index (χ0n) is 20.2. The van der Waals surface area contributed by atoms with Gasteiger partial charge in [0.25, 0.3) is 10.2 Å². The number of piperazine rings is 1. The highest BCUT2D eigenvalue weighted by Gasteiger charge is 2.34. The summed E-state index contributed by atoms with van der Waals surface area (Å²) in [6.45, 7) is 3.98. The molecule has 1 aromatic rings. The van der Waals surface area contributed by atoms with E-state index in [-0.39, 0.29) is 24.5 Å². The van der Waals surface area contributed by atoms with Gasteiger partial charge in [-0.3, -0.25) is 9.69 Å². The Balaban J connectivity index is 1.51. The molecule has 0 bridgehead atoms. The Hall–Kier alpha value is -1.88. The predicted octanol–water partition coefficient (Wildman–Crippen LogP) is 2.01. The minimum Gasteiger partial charge on any atom is -0.497 e. The summed E-state index contributed by atoms with van der Waals surface area (Å²) < 4.78 is 40.0. The van der Waals surface area contributed by atoms with Crippen LogP contribution in [0.15, 0.2) is 18.2 Å². The molecular formula is C23H38N4O5S. The SMILES string of the molecule is COc1ccc(OC)c(C(C)NC(=O)CN2CCN(S(=O)(=O)N(C)C3CCCCC3)CC2)c1. The molecule has 1 unspecified atom stereocenters. The van der Waals surface area contributed by atoms with Crippen LogP contribution in [0.2, 0.25) is 0 Å². The second kappa shape index (κ2) is 11.5. The van der Waals surface area contributed by atoms with Gasteiger partial charge in [0, 0.05) is 44.8 Å². The standard InChI is InChI=1S/C23H38N4O5S/c1-18(21-16-20(31-3)10-11-22(21)32-4)24-23(28)17-26-12-14-27(15-13-26)33(29,30)25(2)19-8-6-5-7-9-19/h10-11,16,18-19H,5-9,12-15,17H2,1-4H3,(H,24,28). The van der Waals surface area contributed by atoms with Crippen molar-refractivity contribution in [2.24, 2.45) is 0 Å². The summed E-state index contributed by atoms with van der Waals surface area (Å²) in [7, 11) is 1.43. The second-order valence-electron chi connectivity index (χ2n) is 8.89. The number of nitrogens with one attached hydrogen (secondary N) is 1. The van der Waals surface area contributed by atoms with Gasteiger partial charge in [0.15, 0.2) is 0 Å². The van der Waals surface area contributed by atoms with E-state index in [1.165, 1.54) is 6.42 Å². The summed E-state index contributed by atoms with van der Waals surface area (Å²) in [6, 6.07) is 5.34. The summed E-state index contributed by atoms with van der Waals surface area (Å²) in [4.78, 5) is 14.7. The number of nitrogens with zero attached hydrogens (tertiary/aromatic N) is 3. The molecule has 1 heterocycles. The largest absolute Gasteiger partial charge is 0.497 e. The summed E-state index contributed by atoms with van der Waals surface area (Å²) in [5.41, 5.74) is 0.840. The minimum absolute atomic E-state index is 0.0997. The third-order valence-electron chi connectivity index (χ3n) is 6.76. The predicted molar refractivity (Wildman–Crippen MR) is 128 cm³/mol. The number of ether oxygens (including phenoxy) is 2. The fraction of sp³-hybridized carbons (Fsp3) is 0.696. The van der Waals surface area contributed by atoms with Crippen LogP contribution in [0.25, 0.3) is 0 Å². The van der Waals surface area contributed by atoms with Gasteiger partial charge in [-0.05, 0) is 38.0 Å². The Kier molecular flexibility index (Phi) is 8.97. The third kappa shape index (κ3) is 6.38. The topological polar surface area (TPSA) is 91.4 Å². The highest BCUT2D eigenvalue weighted by atomic mass is 32.2. The number of hydrogen-bond donors (Lipinski definition) is 1. The molecule has 1 amide bonds. The first kappa shape index (κ1) is 25.7. The maximum absolute atomic E-state index is 13.1.